The van der Waals surface area contributed by atoms with Gasteiger partial charge in [-0.25, -0.2) is 4.99 Å². The van der Waals surface area contributed by atoms with E-state index in [2.05, 4.69) is 6.07 Å². The van der Waals surface area contributed by atoms with E-state index < -0.39 is 5.66 Å². The second-order valence-electron chi connectivity index (χ2n) is 6.63. The summed E-state index contributed by atoms with van der Waals surface area (Å²) < 4.78 is 0.317. The van der Waals surface area contributed by atoms with Crippen LogP contribution >= 0.6 is 24.0 Å². The molecule has 0 radical (unpaired) electrons. The number of amides is 1. The normalized spacial score (nSPS) is 17.5. The fraction of sp³-hybridized carbons (Fsp3) is 0.0833. The zero-order chi connectivity index (χ0) is 21.1. The Morgan fingerprint density at radius 3 is 2.23 bits per heavy atom. The summed E-state index contributed by atoms with van der Waals surface area (Å²) in [7, 11) is 0. The van der Waals surface area contributed by atoms with Crippen LogP contribution in [0.5, 0.6) is 0 Å². The van der Waals surface area contributed by atoms with Crippen LogP contribution in [0.3, 0.4) is 0 Å². The van der Waals surface area contributed by atoms with Gasteiger partial charge in [0.1, 0.15) is 10.3 Å². The Hall–Kier alpha value is -3.27. The van der Waals surface area contributed by atoms with Gasteiger partial charge in [0, 0.05) is 16.7 Å². The number of anilines is 1. The van der Waals surface area contributed by atoms with Crippen molar-refractivity contribution in [2.24, 2.45) is 4.99 Å². The number of thiocarbonyl (C=S) groups is 1. The maximum Gasteiger partial charge on any atom is 0.270 e. The molecule has 0 aliphatic carbocycles. The van der Waals surface area contributed by atoms with Crippen molar-refractivity contribution >= 4 is 45.5 Å². The van der Waals surface area contributed by atoms with E-state index in [1.807, 2.05) is 60.7 Å². The van der Waals surface area contributed by atoms with Crippen molar-refractivity contribution in [3.8, 4) is 6.07 Å². The minimum atomic E-state index is -1.64. The molecule has 4 nitrogen and oxygen atoms in total. The molecular weight excluding hydrogens is 410 g/mol. The van der Waals surface area contributed by atoms with E-state index in [4.69, 9.17) is 17.2 Å². The number of hydrogen-bond donors (Lipinski definition) is 0. The van der Waals surface area contributed by atoms with Gasteiger partial charge in [0.05, 0.1) is 11.4 Å². The standard InChI is InChI=1S/C24H17N3OS2/c1-30-23(29)24(16-25)26-21(17-10-4-2-5-11-17)19-14-8-9-15-20(19)27(24)22(28)18-12-6-3-7-13-18/h2-15H,1H3. The molecule has 4 rings (SSSR count). The summed E-state index contributed by atoms with van der Waals surface area (Å²) in [4.78, 5) is 19.9. The lowest BCUT2D eigenvalue weighted by molar-refractivity contribution is 0.0976. The molecule has 0 spiro atoms. The molecule has 3 aromatic carbocycles. The number of carbonyl (C=O) groups is 1. The second-order valence-corrected chi connectivity index (χ2v) is 8.11. The van der Waals surface area contributed by atoms with Gasteiger partial charge in [-0.05, 0) is 24.5 Å². The van der Waals surface area contributed by atoms with Crippen molar-refractivity contribution in [2.45, 2.75) is 5.66 Å². The van der Waals surface area contributed by atoms with E-state index in [9.17, 15) is 10.1 Å². The summed E-state index contributed by atoms with van der Waals surface area (Å²) in [5.41, 5.74) is 1.72. The van der Waals surface area contributed by atoms with E-state index in [0.717, 1.165) is 11.1 Å². The second kappa shape index (κ2) is 8.23. The summed E-state index contributed by atoms with van der Waals surface area (Å²) >= 11 is 6.86. The van der Waals surface area contributed by atoms with E-state index >= 15 is 0 Å². The summed E-state index contributed by atoms with van der Waals surface area (Å²) in [5, 5.41) is 10.3. The highest BCUT2D eigenvalue weighted by molar-refractivity contribution is 8.23. The molecule has 0 fully saturated rings. The lowest BCUT2D eigenvalue weighted by atomic mass is 9.94. The van der Waals surface area contributed by atoms with Gasteiger partial charge >= 0.3 is 0 Å². The molecule has 146 valence electrons. The average molecular weight is 428 g/mol. The zero-order valence-electron chi connectivity index (χ0n) is 16.1. The van der Waals surface area contributed by atoms with Gasteiger partial charge in [-0.1, -0.05) is 78.9 Å². The van der Waals surface area contributed by atoms with Crippen molar-refractivity contribution in [3.63, 3.8) is 0 Å². The third-order valence-corrected chi connectivity index (χ3v) is 6.33. The first-order chi connectivity index (χ1) is 14.6. The number of carbonyl (C=O) groups excluding carboxylic acids is 1. The van der Waals surface area contributed by atoms with Crippen LogP contribution in [0.15, 0.2) is 89.9 Å². The summed E-state index contributed by atoms with van der Waals surface area (Å²) in [5.74, 6) is -0.322. The molecule has 30 heavy (non-hydrogen) atoms. The van der Waals surface area contributed by atoms with Crippen LogP contribution in [0.25, 0.3) is 0 Å². The largest absolute Gasteiger partial charge is 0.270 e. The molecule has 6 heteroatoms. The highest BCUT2D eigenvalue weighted by atomic mass is 32.2. The predicted octanol–water partition coefficient (Wildman–Crippen LogP) is 5.09. The monoisotopic (exact) mass is 427 g/mol. The number of nitriles is 1. The number of para-hydroxylation sites is 1. The third kappa shape index (κ3) is 3.22. The van der Waals surface area contributed by atoms with Crippen molar-refractivity contribution < 1.29 is 4.79 Å². The molecule has 3 aromatic rings. The smallest absolute Gasteiger partial charge is 0.269 e. The maximum atomic E-state index is 13.6. The van der Waals surface area contributed by atoms with E-state index in [0.29, 0.717) is 21.2 Å². The molecule has 1 atom stereocenters. The third-order valence-electron chi connectivity index (χ3n) is 4.89. The van der Waals surface area contributed by atoms with Gasteiger partial charge in [0.15, 0.2) is 0 Å². The van der Waals surface area contributed by atoms with Crippen LogP contribution in [0.1, 0.15) is 21.5 Å². The van der Waals surface area contributed by atoms with Gasteiger partial charge < -0.3 is 0 Å². The first kappa shape index (κ1) is 20.0. The molecule has 1 amide bonds. The molecule has 0 bridgehead atoms. The summed E-state index contributed by atoms with van der Waals surface area (Å²) in [6.07, 6.45) is 1.80. The fourth-order valence-corrected chi connectivity index (χ4v) is 4.15. The van der Waals surface area contributed by atoms with Crippen LogP contribution in [-0.2, 0) is 0 Å². The van der Waals surface area contributed by atoms with Gasteiger partial charge in [-0.3, -0.25) is 9.69 Å². The topological polar surface area (TPSA) is 56.5 Å². The number of hydrogen-bond acceptors (Lipinski definition) is 5. The lowest BCUT2D eigenvalue weighted by Crippen LogP contribution is -2.57. The van der Waals surface area contributed by atoms with Crippen molar-refractivity contribution in [2.75, 3.05) is 11.2 Å². The summed E-state index contributed by atoms with van der Waals surface area (Å²) in [6, 6.07) is 28.3. The Morgan fingerprint density at radius 1 is 1.00 bits per heavy atom. The Morgan fingerprint density at radius 2 is 1.60 bits per heavy atom. The maximum absolute atomic E-state index is 13.6. The highest BCUT2D eigenvalue weighted by Gasteiger charge is 2.49. The minimum absolute atomic E-state index is 0.317. The van der Waals surface area contributed by atoms with E-state index in [1.165, 1.54) is 16.7 Å². The van der Waals surface area contributed by atoms with E-state index in [1.54, 1.807) is 30.5 Å². The van der Waals surface area contributed by atoms with Gasteiger partial charge in [0.2, 0.25) is 0 Å². The molecule has 0 saturated carbocycles. The van der Waals surface area contributed by atoms with Crippen LogP contribution in [0.2, 0.25) is 0 Å². The Labute approximate surface area is 184 Å². The summed E-state index contributed by atoms with van der Waals surface area (Å²) in [6.45, 7) is 0. The molecule has 1 aliphatic heterocycles. The predicted molar refractivity (Wildman–Crippen MR) is 126 cm³/mol. The molecule has 0 aromatic heterocycles. The van der Waals surface area contributed by atoms with E-state index in [-0.39, 0.29) is 5.91 Å². The van der Waals surface area contributed by atoms with Crippen LogP contribution in [-0.4, -0.2) is 27.7 Å². The molecule has 1 heterocycles. The van der Waals surface area contributed by atoms with Crippen LogP contribution < -0.4 is 4.90 Å². The number of thioether (sulfide) groups is 1. The minimum Gasteiger partial charge on any atom is -0.269 e. The Bertz CT molecular complexity index is 1190. The number of rotatable bonds is 3. The quantitative estimate of drug-likeness (QED) is 0.546. The number of aliphatic imine (C=N–C) groups is 1. The molecular formula is C24H17N3OS2. The average Bonchev–Trinajstić information content (AvgIpc) is 2.83. The first-order valence-electron chi connectivity index (χ1n) is 9.26. The first-order valence-corrected chi connectivity index (χ1v) is 10.9. The Kier molecular flexibility index (Phi) is 5.49. The number of nitrogens with zero attached hydrogens (tertiary/aromatic N) is 3. The lowest BCUT2D eigenvalue weighted by Gasteiger charge is -2.40. The molecule has 0 N–H and O–H groups in total. The SMILES string of the molecule is CSC(=S)C1(C#N)N=C(c2ccccc2)c2ccccc2N1C(=O)c1ccccc1. The van der Waals surface area contributed by atoms with Crippen LogP contribution in [0, 0.1) is 11.3 Å². The van der Waals surface area contributed by atoms with Gasteiger partial charge in [-0.15, -0.1) is 11.8 Å². The van der Waals surface area contributed by atoms with Crippen molar-refractivity contribution in [1.82, 2.24) is 0 Å². The van der Waals surface area contributed by atoms with Crippen molar-refractivity contribution in [1.29, 1.82) is 5.26 Å². The number of benzene rings is 3. The zero-order valence-corrected chi connectivity index (χ0v) is 17.8. The number of fused-ring (bicyclic) bond motifs is 1. The van der Waals surface area contributed by atoms with Crippen molar-refractivity contribution in [3.05, 3.63) is 102 Å². The highest BCUT2D eigenvalue weighted by Crippen LogP contribution is 2.39. The van der Waals surface area contributed by atoms with Crippen LogP contribution in [0.4, 0.5) is 5.69 Å². The molecule has 0 saturated heterocycles. The molecule has 1 unspecified atom stereocenters. The van der Waals surface area contributed by atoms with Gasteiger partial charge in [-0.2, -0.15) is 5.26 Å². The fourth-order valence-electron chi connectivity index (χ4n) is 3.50. The Balaban J connectivity index is 2.02. The molecule has 1 aliphatic rings. The van der Waals surface area contributed by atoms with Gasteiger partial charge in [0.25, 0.3) is 11.6 Å².